The first-order valence-electron chi connectivity index (χ1n) is 18.7. The third-order valence-corrected chi connectivity index (χ3v) is 10.1. The second-order valence-electron chi connectivity index (χ2n) is 14.3. The molecule has 9 atom stereocenters. The van der Waals surface area contributed by atoms with Crippen LogP contribution in [0.25, 0.3) is 0 Å². The van der Waals surface area contributed by atoms with E-state index in [4.69, 9.17) is 14.2 Å². The van der Waals surface area contributed by atoms with Crippen molar-refractivity contribution in [3.05, 3.63) is 11.6 Å². The van der Waals surface area contributed by atoms with Gasteiger partial charge in [-0.2, -0.15) is 0 Å². The highest BCUT2D eigenvalue weighted by molar-refractivity contribution is 5.90. The quantitative estimate of drug-likeness (QED) is 0.0634. The monoisotopic (exact) mass is 638 g/mol. The third kappa shape index (κ3) is 15.2. The SMILES string of the molecule is CCCCCCCCC(O)CCC(O)CC[C@H](O)[C@H]1CC[C@H]([C@H]2CC[C@H](CCCCCCCC(O)CC3=C[C@H](C)OC3=O)O2)O1. The molecule has 0 amide bonds. The summed E-state index contributed by atoms with van der Waals surface area (Å²) < 4.78 is 17.7. The fraction of sp³-hybridized carbons (Fsp3) is 0.919. The van der Waals surface area contributed by atoms with Gasteiger partial charge in [0.2, 0.25) is 0 Å². The van der Waals surface area contributed by atoms with E-state index in [1.165, 1.54) is 32.1 Å². The predicted molar refractivity (Wildman–Crippen MR) is 177 cm³/mol. The van der Waals surface area contributed by atoms with Crippen LogP contribution in [0, 0.1) is 0 Å². The van der Waals surface area contributed by atoms with E-state index in [0.29, 0.717) is 44.1 Å². The molecule has 45 heavy (non-hydrogen) atoms. The van der Waals surface area contributed by atoms with Crippen molar-refractivity contribution in [2.45, 2.75) is 216 Å². The molecule has 3 rings (SSSR count). The summed E-state index contributed by atoms with van der Waals surface area (Å²) in [4.78, 5) is 11.7. The molecule has 0 aromatic carbocycles. The number of aliphatic hydroxyl groups excluding tert-OH is 4. The van der Waals surface area contributed by atoms with Gasteiger partial charge in [0.25, 0.3) is 0 Å². The van der Waals surface area contributed by atoms with Crippen LogP contribution in [-0.2, 0) is 19.0 Å². The van der Waals surface area contributed by atoms with Gasteiger partial charge in [0.1, 0.15) is 6.10 Å². The smallest absolute Gasteiger partial charge is 0.334 e. The number of aliphatic hydroxyl groups is 4. The summed E-state index contributed by atoms with van der Waals surface area (Å²) in [5, 5.41) is 41.7. The van der Waals surface area contributed by atoms with Gasteiger partial charge < -0.3 is 34.6 Å². The zero-order chi connectivity index (χ0) is 32.4. The van der Waals surface area contributed by atoms with Crippen molar-refractivity contribution >= 4 is 5.97 Å². The average molecular weight is 639 g/mol. The van der Waals surface area contributed by atoms with E-state index in [0.717, 1.165) is 77.0 Å². The van der Waals surface area contributed by atoms with Gasteiger partial charge in [0, 0.05) is 12.0 Å². The first-order valence-corrected chi connectivity index (χ1v) is 18.7. The highest BCUT2D eigenvalue weighted by atomic mass is 16.6. The Hall–Kier alpha value is -1.03. The van der Waals surface area contributed by atoms with Gasteiger partial charge in [0.15, 0.2) is 0 Å². The first kappa shape index (κ1) is 38.4. The number of hydrogen-bond acceptors (Lipinski definition) is 8. The van der Waals surface area contributed by atoms with Crippen LogP contribution in [-0.4, -0.2) is 81.3 Å². The van der Waals surface area contributed by atoms with Gasteiger partial charge in [-0.1, -0.05) is 77.6 Å². The van der Waals surface area contributed by atoms with Crippen LogP contribution >= 0.6 is 0 Å². The summed E-state index contributed by atoms with van der Waals surface area (Å²) in [6, 6.07) is 0. The topological polar surface area (TPSA) is 126 Å². The zero-order valence-electron chi connectivity index (χ0n) is 28.5. The third-order valence-electron chi connectivity index (χ3n) is 10.1. The molecular formula is C37H66O8. The lowest BCUT2D eigenvalue weighted by Crippen LogP contribution is -2.31. The maximum Gasteiger partial charge on any atom is 0.334 e. The van der Waals surface area contributed by atoms with Crippen molar-refractivity contribution < 1.29 is 39.4 Å². The Morgan fingerprint density at radius 3 is 1.96 bits per heavy atom. The molecule has 8 nitrogen and oxygen atoms in total. The minimum absolute atomic E-state index is 0.0492. The van der Waals surface area contributed by atoms with Crippen molar-refractivity contribution in [2.24, 2.45) is 0 Å². The second-order valence-corrected chi connectivity index (χ2v) is 14.3. The van der Waals surface area contributed by atoms with Crippen LogP contribution in [0.4, 0.5) is 0 Å². The van der Waals surface area contributed by atoms with Gasteiger partial charge in [-0.05, 0) is 83.6 Å². The van der Waals surface area contributed by atoms with Crippen LogP contribution in [0.3, 0.4) is 0 Å². The van der Waals surface area contributed by atoms with E-state index in [2.05, 4.69) is 6.92 Å². The molecule has 2 fully saturated rings. The molecule has 3 heterocycles. The fourth-order valence-corrected chi connectivity index (χ4v) is 7.27. The van der Waals surface area contributed by atoms with E-state index in [1.54, 1.807) is 0 Å². The molecule has 3 aliphatic rings. The highest BCUT2D eigenvalue weighted by Crippen LogP contribution is 2.34. The molecule has 0 radical (unpaired) electrons. The van der Waals surface area contributed by atoms with Crippen molar-refractivity contribution in [1.82, 2.24) is 0 Å². The Morgan fingerprint density at radius 1 is 0.689 bits per heavy atom. The minimum Gasteiger partial charge on any atom is -0.455 e. The van der Waals surface area contributed by atoms with E-state index in [-0.39, 0.29) is 42.6 Å². The van der Waals surface area contributed by atoms with Crippen LogP contribution in [0.1, 0.15) is 162 Å². The molecule has 262 valence electrons. The van der Waals surface area contributed by atoms with Crippen molar-refractivity contribution in [2.75, 3.05) is 0 Å². The summed E-state index contributed by atoms with van der Waals surface area (Å²) in [7, 11) is 0. The number of rotatable bonds is 25. The molecule has 3 aliphatic heterocycles. The van der Waals surface area contributed by atoms with Gasteiger partial charge in [0.05, 0.1) is 48.8 Å². The normalized spacial score (nSPS) is 27.8. The molecule has 0 bridgehead atoms. The number of cyclic esters (lactones) is 1. The molecule has 0 aromatic heterocycles. The van der Waals surface area contributed by atoms with Crippen molar-refractivity contribution in [3.63, 3.8) is 0 Å². The Morgan fingerprint density at radius 2 is 1.27 bits per heavy atom. The lowest BCUT2D eigenvalue weighted by atomic mass is 9.98. The Balaban J connectivity index is 1.16. The first-order chi connectivity index (χ1) is 21.7. The molecular weight excluding hydrogens is 572 g/mol. The molecule has 4 N–H and O–H groups in total. The number of ether oxygens (including phenoxy) is 3. The fourth-order valence-electron chi connectivity index (χ4n) is 7.27. The Kier molecular flexibility index (Phi) is 18.6. The van der Waals surface area contributed by atoms with Gasteiger partial charge in [-0.25, -0.2) is 4.79 Å². The van der Waals surface area contributed by atoms with Crippen LogP contribution < -0.4 is 0 Å². The van der Waals surface area contributed by atoms with Crippen LogP contribution in [0.15, 0.2) is 11.6 Å². The van der Waals surface area contributed by atoms with Crippen molar-refractivity contribution in [1.29, 1.82) is 0 Å². The van der Waals surface area contributed by atoms with Crippen LogP contribution in [0.2, 0.25) is 0 Å². The molecule has 0 aliphatic carbocycles. The molecule has 0 saturated carbocycles. The van der Waals surface area contributed by atoms with E-state index in [9.17, 15) is 25.2 Å². The molecule has 3 unspecified atom stereocenters. The molecule has 0 spiro atoms. The standard InChI is InChI=1S/C37H66O8/c1-3-4-5-6-8-11-14-29(38)17-18-30(39)19-21-33(41)34-23-24-36(45-34)35-22-20-32(44-35)16-13-10-7-9-12-15-31(40)26-28-25-27(2)43-37(28)42/h25,27,29-36,38-41H,3-24,26H2,1-2H3/t27-,29?,30?,31?,32-,33-,34+,35+,36+/m0/s1. The highest BCUT2D eigenvalue weighted by Gasteiger charge is 2.39. The number of carbonyl (C=O) groups excluding carboxylic acids is 1. The largest absolute Gasteiger partial charge is 0.455 e. The average Bonchev–Trinajstić information content (AvgIpc) is 3.76. The summed E-state index contributed by atoms with van der Waals surface area (Å²) in [6.07, 6.45) is 21.9. The number of esters is 1. The lowest BCUT2D eigenvalue weighted by molar-refractivity contribution is -0.139. The summed E-state index contributed by atoms with van der Waals surface area (Å²) >= 11 is 0. The van der Waals surface area contributed by atoms with Gasteiger partial charge in [-0.15, -0.1) is 0 Å². The van der Waals surface area contributed by atoms with Crippen LogP contribution in [0.5, 0.6) is 0 Å². The summed E-state index contributed by atoms with van der Waals surface area (Å²) in [5.74, 6) is -0.289. The maximum atomic E-state index is 11.7. The summed E-state index contributed by atoms with van der Waals surface area (Å²) in [6.45, 7) is 4.05. The minimum atomic E-state index is -0.573. The molecule has 0 aromatic rings. The number of hydrogen-bond donors (Lipinski definition) is 4. The lowest BCUT2D eigenvalue weighted by Gasteiger charge is -2.23. The van der Waals surface area contributed by atoms with Crippen molar-refractivity contribution in [3.8, 4) is 0 Å². The zero-order valence-corrected chi connectivity index (χ0v) is 28.5. The van der Waals surface area contributed by atoms with E-state index < -0.39 is 18.3 Å². The van der Waals surface area contributed by atoms with Gasteiger partial charge in [-0.3, -0.25) is 0 Å². The number of unbranched alkanes of at least 4 members (excludes halogenated alkanes) is 9. The Labute approximate surface area is 273 Å². The number of carbonyl (C=O) groups is 1. The maximum absolute atomic E-state index is 11.7. The predicted octanol–water partition coefficient (Wildman–Crippen LogP) is 6.83. The second kappa shape index (κ2) is 21.8. The molecule has 2 saturated heterocycles. The molecule has 8 heteroatoms. The Bertz CT molecular complexity index is 833. The summed E-state index contributed by atoms with van der Waals surface area (Å²) in [5.41, 5.74) is 0.608. The van der Waals surface area contributed by atoms with E-state index in [1.807, 2.05) is 13.0 Å². The van der Waals surface area contributed by atoms with Gasteiger partial charge >= 0.3 is 5.97 Å². The van der Waals surface area contributed by atoms with E-state index >= 15 is 0 Å².